The first-order valence-electron chi connectivity index (χ1n) is 15.2. The normalized spacial score (nSPS) is 17.0. The molecule has 0 heterocycles. The van der Waals surface area contributed by atoms with Crippen molar-refractivity contribution in [3.05, 3.63) is 68.1 Å². The summed E-state index contributed by atoms with van der Waals surface area (Å²) in [6, 6.07) is 8.18. The molecule has 14 heteroatoms. The van der Waals surface area contributed by atoms with E-state index in [2.05, 4.69) is 31.9 Å². The van der Waals surface area contributed by atoms with Crippen LogP contribution < -0.4 is 0 Å². The summed E-state index contributed by atoms with van der Waals surface area (Å²) in [5.41, 5.74) is -3.23. The lowest BCUT2D eigenvalue weighted by molar-refractivity contribution is -0.152. The van der Waals surface area contributed by atoms with Crippen molar-refractivity contribution in [1.82, 2.24) is 0 Å². The maximum Gasteiger partial charge on any atom is 0.341 e. The monoisotopic (exact) mass is 848 g/mol. The Labute approximate surface area is 303 Å². The molecule has 272 valence electrons. The SMILES string of the molecule is CCOC(=O)[C@@H](F)[C@](C)(C[S@](=O)C(C)(C)C)c1cc(Br)ccc1F.CCOC(=O)[C@H](F)[C@](C)(C[S@](=O)C(C)(C)C)c1cc(Br)ccc1F. The second-order valence-corrected chi connectivity index (χ2v) is 19.8. The highest BCUT2D eigenvalue weighted by atomic mass is 79.9. The van der Waals surface area contributed by atoms with Crippen molar-refractivity contribution < 1.29 is 45.0 Å². The third kappa shape index (κ3) is 11.7. The van der Waals surface area contributed by atoms with Gasteiger partial charge >= 0.3 is 11.9 Å². The molecule has 2 aromatic carbocycles. The quantitative estimate of drug-likeness (QED) is 0.157. The van der Waals surface area contributed by atoms with E-state index in [0.29, 0.717) is 8.95 Å². The van der Waals surface area contributed by atoms with Gasteiger partial charge < -0.3 is 9.47 Å². The summed E-state index contributed by atoms with van der Waals surface area (Å²) in [7, 11) is -2.99. The van der Waals surface area contributed by atoms with Crippen LogP contribution in [0.5, 0.6) is 0 Å². The molecule has 0 saturated heterocycles. The third-order valence-corrected chi connectivity index (χ3v) is 12.9. The molecule has 48 heavy (non-hydrogen) atoms. The summed E-state index contributed by atoms with van der Waals surface area (Å²) in [5.74, 6) is -3.87. The lowest BCUT2D eigenvalue weighted by Crippen LogP contribution is -2.47. The summed E-state index contributed by atoms with van der Waals surface area (Å²) in [6.07, 6.45) is -4.26. The fourth-order valence-corrected chi connectivity index (χ4v) is 7.66. The van der Waals surface area contributed by atoms with Gasteiger partial charge in [-0.1, -0.05) is 45.7 Å². The minimum Gasteiger partial charge on any atom is -0.464 e. The summed E-state index contributed by atoms with van der Waals surface area (Å²) < 4.78 is 93.3. The molecule has 0 aromatic heterocycles. The summed E-state index contributed by atoms with van der Waals surface area (Å²) >= 11 is 6.46. The van der Waals surface area contributed by atoms with Crippen molar-refractivity contribution in [2.24, 2.45) is 0 Å². The molecule has 0 amide bonds. The standard InChI is InChI=1S/2C17H23BrF2O3S/c2*1-6-23-15(21)14(20)17(5,10-24(22)16(2,3)4)12-9-11(18)7-8-13(12)19/h2*7-9,14H,6,10H2,1-5H3/t14-,17+,24-;14-,17-,24+/m01/s1. The van der Waals surface area contributed by atoms with E-state index in [1.165, 1.54) is 50.2 Å². The second-order valence-electron chi connectivity index (χ2n) is 13.5. The molecule has 2 rings (SSSR count). The Hall–Kier alpha value is -1.64. The topological polar surface area (TPSA) is 86.7 Å². The van der Waals surface area contributed by atoms with Crippen LogP contribution in [0, 0.1) is 11.6 Å². The molecule has 0 aliphatic carbocycles. The number of alkyl halides is 2. The minimum atomic E-state index is -2.13. The lowest BCUT2D eigenvalue weighted by atomic mass is 9.79. The van der Waals surface area contributed by atoms with E-state index in [-0.39, 0.29) is 35.8 Å². The van der Waals surface area contributed by atoms with Gasteiger partial charge in [-0.2, -0.15) is 0 Å². The van der Waals surface area contributed by atoms with Gasteiger partial charge in [0.05, 0.1) is 13.2 Å². The van der Waals surface area contributed by atoms with Gasteiger partial charge in [-0.25, -0.2) is 27.2 Å². The van der Waals surface area contributed by atoms with Crippen LogP contribution in [0.3, 0.4) is 0 Å². The largest absolute Gasteiger partial charge is 0.464 e. The molecule has 0 radical (unpaired) electrons. The molecular formula is C34H46Br2F4O6S2. The molecule has 6 nitrogen and oxygen atoms in total. The number of carbonyl (C=O) groups excluding carboxylic acids is 2. The van der Waals surface area contributed by atoms with E-state index in [4.69, 9.17) is 9.47 Å². The molecule has 0 aliphatic rings. The van der Waals surface area contributed by atoms with Crippen molar-refractivity contribution in [2.75, 3.05) is 24.7 Å². The first-order chi connectivity index (χ1) is 21.9. The van der Waals surface area contributed by atoms with Crippen LogP contribution in [-0.2, 0) is 51.5 Å². The Morgan fingerprint density at radius 3 is 1.21 bits per heavy atom. The summed E-state index contributed by atoms with van der Waals surface area (Å²) in [5, 5.41) is 0. The van der Waals surface area contributed by atoms with Crippen LogP contribution in [-0.4, -0.2) is 66.9 Å². The zero-order valence-corrected chi connectivity index (χ0v) is 33.8. The smallest absolute Gasteiger partial charge is 0.341 e. The van der Waals surface area contributed by atoms with Crippen LogP contribution in [0.25, 0.3) is 0 Å². The van der Waals surface area contributed by atoms with Gasteiger partial charge in [0.15, 0.2) is 0 Å². The molecule has 0 spiro atoms. The number of esters is 2. The van der Waals surface area contributed by atoms with Crippen molar-refractivity contribution >= 4 is 65.4 Å². The van der Waals surface area contributed by atoms with Crippen LogP contribution in [0.1, 0.15) is 80.4 Å². The Kier molecular flexibility index (Phi) is 16.7. The van der Waals surface area contributed by atoms with Gasteiger partial charge in [0.2, 0.25) is 12.3 Å². The van der Waals surface area contributed by atoms with E-state index in [0.717, 1.165) is 0 Å². The first-order valence-corrected chi connectivity index (χ1v) is 19.4. The molecule has 0 fully saturated rings. The average Bonchev–Trinajstić information content (AvgIpc) is 2.98. The Morgan fingerprint density at radius 2 is 0.958 bits per heavy atom. The van der Waals surface area contributed by atoms with Gasteiger partial charge in [0.25, 0.3) is 0 Å². The van der Waals surface area contributed by atoms with Crippen molar-refractivity contribution in [3.8, 4) is 0 Å². The number of rotatable bonds is 12. The maximum atomic E-state index is 15.0. The Morgan fingerprint density at radius 1 is 0.667 bits per heavy atom. The molecule has 0 aliphatic heterocycles. The lowest BCUT2D eigenvalue weighted by Gasteiger charge is -2.34. The summed E-state index contributed by atoms with van der Waals surface area (Å²) in [4.78, 5) is 23.9. The highest BCUT2D eigenvalue weighted by molar-refractivity contribution is 9.10. The Balaban J connectivity index is 0.000000480. The fraction of sp³-hybridized carbons (Fsp3) is 0.588. The zero-order valence-electron chi connectivity index (χ0n) is 29.0. The second kappa shape index (κ2) is 18.0. The number of ether oxygens (including phenoxy) is 2. The third-order valence-electron chi connectivity index (χ3n) is 7.42. The van der Waals surface area contributed by atoms with E-state index in [9.17, 15) is 35.6 Å². The predicted molar refractivity (Wildman–Crippen MR) is 191 cm³/mol. The Bertz CT molecular complexity index is 1370. The highest BCUT2D eigenvalue weighted by Crippen LogP contribution is 2.38. The van der Waals surface area contributed by atoms with Gasteiger partial charge in [0, 0.05) is 62.4 Å². The average molecular weight is 851 g/mol. The van der Waals surface area contributed by atoms with Gasteiger partial charge in [0.1, 0.15) is 11.6 Å². The van der Waals surface area contributed by atoms with Crippen LogP contribution in [0.4, 0.5) is 17.6 Å². The number of hydrogen-bond donors (Lipinski definition) is 0. The fourth-order valence-electron chi connectivity index (χ4n) is 4.37. The molecule has 0 unspecified atom stereocenters. The van der Waals surface area contributed by atoms with Crippen LogP contribution in [0.15, 0.2) is 45.3 Å². The number of hydrogen-bond acceptors (Lipinski definition) is 6. The van der Waals surface area contributed by atoms with Crippen molar-refractivity contribution in [3.63, 3.8) is 0 Å². The number of carbonyl (C=O) groups is 2. The maximum absolute atomic E-state index is 15.0. The first kappa shape index (κ1) is 44.4. The molecule has 6 atom stereocenters. The van der Waals surface area contributed by atoms with E-state index in [1.54, 1.807) is 55.4 Å². The van der Waals surface area contributed by atoms with Crippen molar-refractivity contribution in [2.45, 2.75) is 102 Å². The minimum absolute atomic E-state index is 0.00460. The van der Waals surface area contributed by atoms with E-state index < -0.39 is 77.8 Å². The molecular weight excluding hydrogens is 804 g/mol. The highest BCUT2D eigenvalue weighted by Gasteiger charge is 2.48. The van der Waals surface area contributed by atoms with Gasteiger partial charge in [-0.15, -0.1) is 0 Å². The molecule has 0 N–H and O–H groups in total. The summed E-state index contributed by atoms with van der Waals surface area (Å²) in [6.45, 7) is 16.5. The van der Waals surface area contributed by atoms with Crippen molar-refractivity contribution in [1.29, 1.82) is 0 Å². The molecule has 0 bridgehead atoms. The number of halogens is 6. The predicted octanol–water partition coefficient (Wildman–Crippen LogP) is 8.59. The van der Waals surface area contributed by atoms with E-state index in [1.807, 2.05) is 0 Å². The number of benzene rings is 2. The molecule has 0 saturated carbocycles. The van der Waals surface area contributed by atoms with Gasteiger partial charge in [-0.3, -0.25) is 8.42 Å². The van der Waals surface area contributed by atoms with Gasteiger partial charge in [-0.05, 0) is 103 Å². The van der Waals surface area contributed by atoms with Crippen LogP contribution in [0.2, 0.25) is 0 Å². The van der Waals surface area contributed by atoms with E-state index >= 15 is 0 Å². The van der Waals surface area contributed by atoms with Crippen LogP contribution >= 0.6 is 31.9 Å². The molecule has 2 aromatic rings. The zero-order chi connectivity index (χ0) is 37.4.